The maximum Gasteiger partial charge on any atom is 0.407 e. The van der Waals surface area contributed by atoms with E-state index in [0.717, 1.165) is 28.5 Å². The van der Waals surface area contributed by atoms with E-state index in [1.165, 1.54) is 17.9 Å². The van der Waals surface area contributed by atoms with Crippen molar-refractivity contribution < 1.29 is 37.1 Å². The summed E-state index contributed by atoms with van der Waals surface area (Å²) in [6.07, 6.45) is 1.08. The van der Waals surface area contributed by atoms with Crippen LogP contribution in [0.3, 0.4) is 0 Å². The molecule has 0 unspecified atom stereocenters. The molecule has 2 aromatic carbocycles. The zero-order valence-electron chi connectivity index (χ0n) is 29.7. The van der Waals surface area contributed by atoms with E-state index < -0.39 is 36.4 Å². The Labute approximate surface area is 290 Å². The minimum Gasteiger partial charge on any atom is -0.490 e. The van der Waals surface area contributed by atoms with Crippen molar-refractivity contribution in [1.82, 2.24) is 14.6 Å². The van der Waals surface area contributed by atoms with Gasteiger partial charge < -0.3 is 24.5 Å². The molecule has 0 radical (unpaired) electrons. The fourth-order valence-electron chi connectivity index (χ4n) is 4.65. The molecule has 0 aliphatic heterocycles. The Morgan fingerprint density at radius 1 is 1.00 bits per heavy atom. The number of rotatable bonds is 14. The normalized spacial score (nSPS) is 12.7. The van der Waals surface area contributed by atoms with Gasteiger partial charge in [0.2, 0.25) is 15.9 Å². The van der Waals surface area contributed by atoms with Crippen LogP contribution in [0.4, 0.5) is 10.6 Å². The molecule has 3 N–H and O–H groups in total. The van der Waals surface area contributed by atoms with Gasteiger partial charge in [-0.25, -0.2) is 22.9 Å². The Hall–Kier alpha value is -4.27. The summed E-state index contributed by atoms with van der Waals surface area (Å²) < 4.78 is 37.8. The summed E-state index contributed by atoms with van der Waals surface area (Å²) in [6.45, 7) is 15.9. The van der Waals surface area contributed by atoms with Crippen molar-refractivity contribution in [2.45, 2.75) is 78.3 Å². The molecule has 3 rings (SSSR count). The molecule has 3 amide bonds. The number of amides is 3. The van der Waals surface area contributed by atoms with E-state index >= 15 is 0 Å². The number of hydrogen-bond acceptors (Lipinski definition) is 8. The Kier molecular flexibility index (Phi) is 12.8. The summed E-state index contributed by atoms with van der Waals surface area (Å²) in [7, 11) is -6.08. The van der Waals surface area contributed by atoms with E-state index in [1.54, 1.807) is 30.5 Å². The lowest BCUT2D eigenvalue weighted by Gasteiger charge is -2.40. The molecule has 0 aliphatic rings. The molecule has 0 fully saturated rings. The first-order chi connectivity index (χ1) is 22.6. The number of pyridine rings is 1. The molecule has 12 nitrogen and oxygen atoms in total. The minimum absolute atomic E-state index is 0.0962. The average Bonchev–Trinajstić information content (AvgIpc) is 2.97. The number of benzene rings is 2. The number of sulfonamides is 1. The largest absolute Gasteiger partial charge is 0.490 e. The minimum atomic E-state index is -3.76. The summed E-state index contributed by atoms with van der Waals surface area (Å²) in [5, 5.41) is 12.7. The summed E-state index contributed by atoms with van der Waals surface area (Å²) in [4.78, 5) is 42.2. The van der Waals surface area contributed by atoms with Crippen LogP contribution in [0, 0.1) is 0 Å². The summed E-state index contributed by atoms with van der Waals surface area (Å²) in [6, 6.07) is 16.0. The van der Waals surface area contributed by atoms with Crippen molar-refractivity contribution in [1.29, 1.82) is 0 Å². The number of carboxylic acid groups (broad SMARTS) is 1. The smallest absolute Gasteiger partial charge is 0.407 e. The molecule has 1 heterocycles. The third-order valence-corrected chi connectivity index (χ3v) is 13.2. The van der Waals surface area contributed by atoms with Gasteiger partial charge in [-0.2, -0.15) is 0 Å². The highest BCUT2D eigenvalue weighted by molar-refractivity contribution is 7.89. The van der Waals surface area contributed by atoms with Gasteiger partial charge in [0.15, 0.2) is 8.32 Å². The predicted octanol–water partition coefficient (Wildman–Crippen LogP) is 6.47. The molecule has 0 saturated carbocycles. The maximum atomic E-state index is 12.6. The lowest BCUT2D eigenvalue weighted by atomic mass is 10.0. The molecule has 1 aromatic heterocycles. The average molecular weight is 713 g/mol. The number of hydrogen-bond donors (Lipinski definition) is 3. The lowest BCUT2D eigenvalue weighted by Crippen LogP contribution is -2.45. The summed E-state index contributed by atoms with van der Waals surface area (Å²) in [5.41, 5.74) is 3.33. The third-order valence-electron chi connectivity index (χ3n) is 8.19. The molecule has 266 valence electrons. The van der Waals surface area contributed by atoms with Crippen molar-refractivity contribution >= 4 is 42.1 Å². The SMILES string of the molecule is CC(=O)Nc1ccc([C@H](CN(CCc2ccc(-c3ccc(C(=O)NS(C)(=O)=O)c(OC(C)C)c3)cc2)C(=O)O)O[Si](C)(C)C(C)(C)C)cn1. The van der Waals surface area contributed by atoms with Crippen molar-refractivity contribution in [2.75, 3.05) is 24.7 Å². The Morgan fingerprint density at radius 2 is 1.63 bits per heavy atom. The zero-order valence-corrected chi connectivity index (χ0v) is 31.5. The van der Waals surface area contributed by atoms with Crippen LogP contribution < -0.4 is 14.8 Å². The quantitative estimate of drug-likeness (QED) is 0.159. The second-order valence-corrected chi connectivity index (χ2v) is 20.3. The first kappa shape index (κ1) is 39.2. The van der Waals surface area contributed by atoms with Gasteiger partial charge >= 0.3 is 6.09 Å². The molecule has 49 heavy (non-hydrogen) atoms. The van der Waals surface area contributed by atoms with Gasteiger partial charge in [0.05, 0.1) is 30.6 Å². The van der Waals surface area contributed by atoms with Crippen molar-refractivity contribution in [3.63, 3.8) is 0 Å². The third kappa shape index (κ3) is 11.7. The first-order valence-electron chi connectivity index (χ1n) is 16.0. The van der Waals surface area contributed by atoms with Crippen molar-refractivity contribution in [2.24, 2.45) is 0 Å². The Bertz CT molecular complexity index is 1740. The van der Waals surface area contributed by atoms with E-state index in [9.17, 15) is 27.9 Å². The summed E-state index contributed by atoms with van der Waals surface area (Å²) >= 11 is 0. The predicted molar refractivity (Wildman–Crippen MR) is 193 cm³/mol. The fraction of sp³-hybridized carbons (Fsp3) is 0.429. The van der Waals surface area contributed by atoms with Gasteiger partial charge in [0, 0.05) is 19.7 Å². The van der Waals surface area contributed by atoms with E-state index in [2.05, 4.69) is 44.2 Å². The number of carbonyl (C=O) groups is 3. The Balaban J connectivity index is 1.81. The number of anilines is 1. The van der Waals surface area contributed by atoms with Gasteiger partial charge in [-0.15, -0.1) is 0 Å². The van der Waals surface area contributed by atoms with E-state index in [4.69, 9.17) is 9.16 Å². The van der Waals surface area contributed by atoms with Crippen LogP contribution in [-0.4, -0.2) is 75.1 Å². The molecule has 1 atom stereocenters. The molecular formula is C35H48N4O8SSi. The molecule has 3 aromatic rings. The molecule has 0 saturated heterocycles. The van der Waals surface area contributed by atoms with E-state index in [1.807, 2.05) is 42.8 Å². The van der Waals surface area contributed by atoms with Crippen LogP contribution >= 0.6 is 0 Å². The molecule has 0 aliphatic carbocycles. The van der Waals surface area contributed by atoms with Crippen LogP contribution in [0.1, 0.15) is 69.1 Å². The standard InChI is InChI=1S/C35H48N4O8SSi/c1-23(2)46-30-20-27(14-16-29(30)33(41)38-48(7,44)45)26-12-10-25(11-13-26)18-19-39(34(42)43)22-31(47-49(8,9)35(4,5)6)28-15-17-32(36-21-28)37-24(3)40/h10-17,20-21,23,31H,18-19,22H2,1-9H3,(H,38,41)(H,42,43)(H,36,37,40)/t31-/m0/s1. The van der Waals surface area contributed by atoms with Gasteiger partial charge in [-0.3, -0.25) is 9.59 Å². The number of aromatic nitrogens is 1. The van der Waals surface area contributed by atoms with Gasteiger partial charge in [-0.1, -0.05) is 57.2 Å². The van der Waals surface area contributed by atoms with E-state index in [-0.39, 0.29) is 41.5 Å². The molecule has 0 bridgehead atoms. The molecule has 0 spiro atoms. The lowest BCUT2D eigenvalue weighted by molar-refractivity contribution is -0.114. The van der Waals surface area contributed by atoms with Crippen LogP contribution in [-0.2, 0) is 25.7 Å². The van der Waals surface area contributed by atoms with Crippen LogP contribution in [0.25, 0.3) is 11.1 Å². The Morgan fingerprint density at radius 3 is 2.14 bits per heavy atom. The van der Waals surface area contributed by atoms with Gasteiger partial charge in [0.25, 0.3) is 5.91 Å². The van der Waals surface area contributed by atoms with Crippen LogP contribution in [0.5, 0.6) is 5.75 Å². The zero-order chi connectivity index (χ0) is 36.7. The second-order valence-electron chi connectivity index (χ2n) is 13.8. The van der Waals surface area contributed by atoms with Gasteiger partial charge in [0.1, 0.15) is 11.6 Å². The van der Waals surface area contributed by atoms with Crippen molar-refractivity contribution in [3.8, 4) is 16.9 Å². The monoisotopic (exact) mass is 712 g/mol. The topological polar surface area (TPSA) is 164 Å². The second kappa shape index (κ2) is 16.0. The van der Waals surface area contributed by atoms with E-state index in [0.29, 0.717) is 12.2 Å². The van der Waals surface area contributed by atoms with Crippen LogP contribution in [0.15, 0.2) is 60.8 Å². The highest BCUT2D eigenvalue weighted by Gasteiger charge is 2.40. The molecule has 14 heteroatoms. The highest BCUT2D eigenvalue weighted by Crippen LogP contribution is 2.40. The molecular weight excluding hydrogens is 665 g/mol. The van der Waals surface area contributed by atoms with Crippen molar-refractivity contribution in [3.05, 3.63) is 77.5 Å². The maximum absolute atomic E-state index is 12.6. The highest BCUT2D eigenvalue weighted by atomic mass is 32.2. The fourth-order valence-corrected chi connectivity index (χ4v) is 6.37. The number of nitrogens with one attached hydrogen (secondary N) is 2. The first-order valence-corrected chi connectivity index (χ1v) is 20.8. The van der Waals surface area contributed by atoms with Crippen LogP contribution in [0.2, 0.25) is 18.1 Å². The number of nitrogens with zero attached hydrogens (tertiary/aromatic N) is 2. The number of carbonyl (C=O) groups excluding carboxylic acids is 2. The van der Waals surface area contributed by atoms with Gasteiger partial charge in [-0.05, 0) is 78.9 Å². The number of ether oxygens (including phenoxy) is 1. The summed E-state index contributed by atoms with van der Waals surface area (Å²) in [5.74, 6) is -0.362.